The van der Waals surface area contributed by atoms with E-state index < -0.39 is 6.04 Å². The number of carbonyl (C=O) groups is 2. The van der Waals surface area contributed by atoms with Crippen LogP contribution in [0.15, 0.2) is 54.6 Å². The van der Waals surface area contributed by atoms with Crippen molar-refractivity contribution in [2.45, 2.75) is 19.9 Å². The Hall–Kier alpha value is -3.08. The van der Waals surface area contributed by atoms with Crippen LogP contribution in [0.3, 0.4) is 0 Å². The van der Waals surface area contributed by atoms with E-state index in [4.69, 9.17) is 4.74 Å². The maximum Gasteiger partial charge on any atom is 0.246 e. The molecule has 2 aromatic rings. The van der Waals surface area contributed by atoms with Crippen molar-refractivity contribution in [1.29, 1.82) is 0 Å². The Morgan fingerprint density at radius 1 is 1.08 bits per heavy atom. The molecule has 0 bridgehead atoms. The summed E-state index contributed by atoms with van der Waals surface area (Å²) in [6.45, 7) is 3.56. The summed E-state index contributed by atoms with van der Waals surface area (Å²) < 4.78 is 5.08. The van der Waals surface area contributed by atoms with Crippen LogP contribution in [0.2, 0.25) is 0 Å². The van der Waals surface area contributed by atoms with Gasteiger partial charge in [-0.1, -0.05) is 30.3 Å². The average molecular weight is 338 g/mol. The van der Waals surface area contributed by atoms with Gasteiger partial charge in [0.2, 0.25) is 11.8 Å². The number of anilines is 1. The van der Waals surface area contributed by atoms with Crippen LogP contribution in [0.4, 0.5) is 5.69 Å². The Balaban J connectivity index is 1.89. The van der Waals surface area contributed by atoms with Crippen LogP contribution in [0.5, 0.6) is 5.75 Å². The van der Waals surface area contributed by atoms with Gasteiger partial charge in [-0.05, 0) is 49.2 Å². The lowest BCUT2D eigenvalue weighted by Crippen LogP contribution is -2.40. The predicted octanol–water partition coefficient (Wildman–Crippen LogP) is 3.16. The van der Waals surface area contributed by atoms with Gasteiger partial charge in [0.25, 0.3) is 0 Å². The summed E-state index contributed by atoms with van der Waals surface area (Å²) in [6, 6.07) is 14.2. The fourth-order valence-electron chi connectivity index (χ4n) is 2.17. The topological polar surface area (TPSA) is 67.4 Å². The molecule has 130 valence electrons. The van der Waals surface area contributed by atoms with Gasteiger partial charge in [0.1, 0.15) is 11.8 Å². The Bertz CT molecular complexity index is 767. The minimum Gasteiger partial charge on any atom is -0.497 e. The van der Waals surface area contributed by atoms with E-state index in [-0.39, 0.29) is 11.8 Å². The van der Waals surface area contributed by atoms with Gasteiger partial charge in [0, 0.05) is 11.8 Å². The second kappa shape index (κ2) is 8.68. The molecule has 25 heavy (non-hydrogen) atoms. The molecule has 2 amide bonds. The summed E-state index contributed by atoms with van der Waals surface area (Å²) >= 11 is 0. The molecule has 2 N–H and O–H groups in total. The molecular formula is C20H22N2O3. The first-order valence-electron chi connectivity index (χ1n) is 7.98. The Morgan fingerprint density at radius 3 is 2.40 bits per heavy atom. The van der Waals surface area contributed by atoms with Crippen molar-refractivity contribution in [1.82, 2.24) is 5.32 Å². The van der Waals surface area contributed by atoms with Gasteiger partial charge in [0.05, 0.1) is 7.11 Å². The number of nitrogens with one attached hydrogen (secondary N) is 2. The highest BCUT2D eigenvalue weighted by Gasteiger charge is 2.15. The van der Waals surface area contributed by atoms with Crippen LogP contribution >= 0.6 is 0 Å². The normalized spacial score (nSPS) is 11.8. The summed E-state index contributed by atoms with van der Waals surface area (Å²) in [7, 11) is 1.60. The number of hydrogen-bond acceptors (Lipinski definition) is 3. The number of carbonyl (C=O) groups excluding carboxylic acids is 2. The molecule has 0 fully saturated rings. The third kappa shape index (κ3) is 5.49. The van der Waals surface area contributed by atoms with Crippen molar-refractivity contribution in [2.75, 3.05) is 12.4 Å². The molecule has 5 heteroatoms. The summed E-state index contributed by atoms with van der Waals surface area (Å²) in [5, 5.41) is 5.46. The molecule has 0 aliphatic rings. The highest BCUT2D eigenvalue weighted by atomic mass is 16.5. The number of para-hydroxylation sites is 1. The van der Waals surface area contributed by atoms with E-state index in [1.165, 1.54) is 6.08 Å². The van der Waals surface area contributed by atoms with Gasteiger partial charge < -0.3 is 15.4 Å². The Kier molecular flexibility index (Phi) is 6.34. The quantitative estimate of drug-likeness (QED) is 0.795. The van der Waals surface area contributed by atoms with Crippen LogP contribution in [0, 0.1) is 6.92 Å². The van der Waals surface area contributed by atoms with E-state index in [0.29, 0.717) is 0 Å². The summed E-state index contributed by atoms with van der Waals surface area (Å²) in [5.74, 6) is 0.159. The van der Waals surface area contributed by atoms with Crippen LogP contribution < -0.4 is 15.4 Å². The molecule has 5 nitrogen and oxygen atoms in total. The van der Waals surface area contributed by atoms with Crippen molar-refractivity contribution in [2.24, 2.45) is 0 Å². The van der Waals surface area contributed by atoms with Crippen molar-refractivity contribution in [3.63, 3.8) is 0 Å². The molecule has 0 unspecified atom stereocenters. The molecule has 2 aromatic carbocycles. The van der Waals surface area contributed by atoms with Crippen LogP contribution in [0.1, 0.15) is 18.1 Å². The van der Waals surface area contributed by atoms with Crippen LogP contribution in [-0.4, -0.2) is 25.0 Å². The van der Waals surface area contributed by atoms with Crippen LogP contribution in [0.25, 0.3) is 6.08 Å². The molecule has 1 atom stereocenters. The lowest BCUT2D eigenvalue weighted by molar-refractivity contribution is -0.123. The second-order valence-electron chi connectivity index (χ2n) is 5.64. The standard InChI is InChI=1S/C20H22N2O3/c1-14-6-4-5-7-18(14)22-20(24)15(2)21-19(23)13-10-16-8-11-17(25-3)12-9-16/h4-13,15H,1-3H3,(H,21,23)(H,22,24)/b13-10+/t15-/m0/s1. The van der Waals surface area contributed by atoms with Gasteiger partial charge in [-0.25, -0.2) is 0 Å². The third-order valence-electron chi connectivity index (χ3n) is 3.70. The van der Waals surface area contributed by atoms with E-state index >= 15 is 0 Å². The van der Waals surface area contributed by atoms with E-state index in [1.54, 1.807) is 20.1 Å². The number of methoxy groups -OCH3 is 1. The minimum absolute atomic E-state index is 0.263. The van der Waals surface area contributed by atoms with Gasteiger partial charge in [0.15, 0.2) is 0 Å². The van der Waals surface area contributed by atoms with Gasteiger partial charge in [-0.2, -0.15) is 0 Å². The zero-order chi connectivity index (χ0) is 18.2. The molecule has 0 heterocycles. The van der Waals surface area contributed by atoms with Gasteiger partial charge >= 0.3 is 0 Å². The first-order valence-corrected chi connectivity index (χ1v) is 7.98. The number of amides is 2. The van der Waals surface area contributed by atoms with E-state index in [9.17, 15) is 9.59 Å². The zero-order valence-corrected chi connectivity index (χ0v) is 14.6. The number of rotatable bonds is 6. The highest BCUT2D eigenvalue weighted by Crippen LogP contribution is 2.14. The molecule has 0 radical (unpaired) electrons. The monoisotopic (exact) mass is 338 g/mol. The minimum atomic E-state index is -0.646. The number of ether oxygens (including phenoxy) is 1. The lowest BCUT2D eigenvalue weighted by Gasteiger charge is -2.14. The van der Waals surface area contributed by atoms with E-state index in [2.05, 4.69) is 10.6 Å². The summed E-state index contributed by atoms with van der Waals surface area (Å²) in [6.07, 6.45) is 3.08. The maximum absolute atomic E-state index is 12.2. The first kappa shape index (κ1) is 18.3. The van der Waals surface area contributed by atoms with E-state index in [1.807, 2.05) is 55.5 Å². The lowest BCUT2D eigenvalue weighted by atomic mass is 10.2. The number of aryl methyl sites for hydroxylation is 1. The van der Waals surface area contributed by atoms with Gasteiger partial charge in [-0.15, -0.1) is 0 Å². The number of hydrogen-bond donors (Lipinski definition) is 2. The van der Waals surface area contributed by atoms with Crippen LogP contribution in [-0.2, 0) is 9.59 Å². The molecular weight excluding hydrogens is 316 g/mol. The third-order valence-corrected chi connectivity index (χ3v) is 3.70. The maximum atomic E-state index is 12.2. The second-order valence-corrected chi connectivity index (χ2v) is 5.64. The fourth-order valence-corrected chi connectivity index (χ4v) is 2.17. The highest BCUT2D eigenvalue weighted by molar-refractivity contribution is 6.00. The fraction of sp³-hybridized carbons (Fsp3) is 0.200. The van der Waals surface area contributed by atoms with Crippen molar-refractivity contribution in [3.05, 3.63) is 65.7 Å². The van der Waals surface area contributed by atoms with Crippen molar-refractivity contribution in [3.8, 4) is 5.75 Å². The molecule has 0 spiro atoms. The molecule has 0 aliphatic heterocycles. The van der Waals surface area contributed by atoms with Crippen molar-refractivity contribution < 1.29 is 14.3 Å². The smallest absolute Gasteiger partial charge is 0.246 e. The van der Waals surface area contributed by atoms with E-state index in [0.717, 1.165) is 22.6 Å². The molecule has 2 rings (SSSR count). The molecule has 0 saturated heterocycles. The molecule has 0 saturated carbocycles. The molecule has 0 aliphatic carbocycles. The summed E-state index contributed by atoms with van der Waals surface area (Å²) in [4.78, 5) is 24.2. The Labute approximate surface area is 147 Å². The molecule has 0 aromatic heterocycles. The first-order chi connectivity index (χ1) is 12.0. The number of benzene rings is 2. The summed E-state index contributed by atoms with van der Waals surface area (Å²) in [5.41, 5.74) is 2.57. The van der Waals surface area contributed by atoms with Gasteiger partial charge in [-0.3, -0.25) is 9.59 Å². The zero-order valence-electron chi connectivity index (χ0n) is 14.6. The Morgan fingerprint density at radius 2 is 1.76 bits per heavy atom. The average Bonchev–Trinajstić information content (AvgIpc) is 2.62. The largest absolute Gasteiger partial charge is 0.497 e. The SMILES string of the molecule is COc1ccc(/C=C/C(=O)N[C@@H](C)C(=O)Nc2ccccc2C)cc1. The predicted molar refractivity (Wildman–Crippen MR) is 99.4 cm³/mol. The van der Waals surface area contributed by atoms with Crippen molar-refractivity contribution >= 4 is 23.6 Å².